The van der Waals surface area contributed by atoms with Gasteiger partial charge in [0, 0.05) is 32.7 Å². The molecule has 5 nitrogen and oxygen atoms in total. The maximum atomic E-state index is 12.4. The SMILES string of the molecule is CN(Cc1cccc(O)c1)C(=O)NC[C@@H]1CCCN(C2CCCCC2)C1. The predicted molar refractivity (Wildman–Crippen MR) is 104 cm³/mol. The van der Waals surface area contributed by atoms with E-state index in [0.717, 1.165) is 24.7 Å². The number of nitrogens with one attached hydrogen (secondary N) is 1. The van der Waals surface area contributed by atoms with E-state index in [1.807, 2.05) is 6.07 Å². The van der Waals surface area contributed by atoms with Gasteiger partial charge in [-0.05, 0) is 55.8 Å². The molecule has 1 saturated heterocycles. The molecule has 1 aromatic rings. The summed E-state index contributed by atoms with van der Waals surface area (Å²) in [5.41, 5.74) is 0.934. The standard InChI is InChI=1S/C21H33N3O2/c1-23(15-17-7-5-11-20(25)13-17)21(26)22-14-18-8-6-12-24(16-18)19-9-3-2-4-10-19/h5,7,11,13,18-19,25H,2-4,6,8-10,12,14-16H2,1H3,(H,22,26)/t18-/m0/s1. The van der Waals surface area contributed by atoms with Crippen molar-refractivity contribution in [3.8, 4) is 5.75 Å². The average molecular weight is 360 g/mol. The van der Waals surface area contributed by atoms with Crippen LogP contribution in [-0.2, 0) is 6.54 Å². The van der Waals surface area contributed by atoms with Crippen molar-refractivity contribution in [2.75, 3.05) is 26.7 Å². The molecule has 144 valence electrons. The number of nitrogens with zero attached hydrogens (tertiary/aromatic N) is 2. The van der Waals surface area contributed by atoms with Crippen LogP contribution in [0.2, 0.25) is 0 Å². The number of benzene rings is 1. The first-order valence-corrected chi connectivity index (χ1v) is 10.1. The van der Waals surface area contributed by atoms with Gasteiger partial charge in [0.1, 0.15) is 5.75 Å². The van der Waals surface area contributed by atoms with E-state index >= 15 is 0 Å². The van der Waals surface area contributed by atoms with Crippen LogP contribution in [0.15, 0.2) is 24.3 Å². The summed E-state index contributed by atoms with van der Waals surface area (Å²) in [4.78, 5) is 16.8. The van der Waals surface area contributed by atoms with Crippen molar-refractivity contribution in [2.24, 2.45) is 5.92 Å². The monoisotopic (exact) mass is 359 g/mol. The lowest BCUT2D eigenvalue weighted by molar-refractivity contribution is 0.0979. The lowest BCUT2D eigenvalue weighted by atomic mass is 9.90. The van der Waals surface area contributed by atoms with Gasteiger partial charge in [0.05, 0.1) is 0 Å². The van der Waals surface area contributed by atoms with Gasteiger partial charge in [0.15, 0.2) is 0 Å². The van der Waals surface area contributed by atoms with Gasteiger partial charge in [0.2, 0.25) is 0 Å². The fourth-order valence-electron chi connectivity index (χ4n) is 4.41. The minimum Gasteiger partial charge on any atom is -0.508 e. The lowest BCUT2D eigenvalue weighted by Gasteiger charge is -2.40. The van der Waals surface area contributed by atoms with Crippen molar-refractivity contribution in [1.29, 1.82) is 0 Å². The van der Waals surface area contributed by atoms with Gasteiger partial charge in [-0.2, -0.15) is 0 Å². The van der Waals surface area contributed by atoms with Crippen molar-refractivity contribution in [3.63, 3.8) is 0 Å². The van der Waals surface area contributed by atoms with E-state index in [4.69, 9.17) is 0 Å². The summed E-state index contributed by atoms with van der Waals surface area (Å²) in [7, 11) is 1.80. The summed E-state index contributed by atoms with van der Waals surface area (Å²) >= 11 is 0. The van der Waals surface area contributed by atoms with Crippen LogP contribution in [-0.4, -0.2) is 53.7 Å². The van der Waals surface area contributed by atoms with Crippen molar-refractivity contribution in [1.82, 2.24) is 15.1 Å². The second-order valence-corrected chi connectivity index (χ2v) is 8.01. The maximum Gasteiger partial charge on any atom is 0.317 e. The molecule has 0 spiro atoms. The molecule has 5 heteroatoms. The van der Waals surface area contributed by atoms with E-state index in [0.29, 0.717) is 12.5 Å². The highest BCUT2D eigenvalue weighted by atomic mass is 16.3. The number of piperidine rings is 1. The van der Waals surface area contributed by atoms with Gasteiger partial charge in [-0.1, -0.05) is 31.4 Å². The molecular formula is C21H33N3O2. The molecule has 0 bridgehead atoms. The number of likely N-dealkylation sites (tertiary alicyclic amines) is 1. The van der Waals surface area contributed by atoms with Crippen molar-refractivity contribution in [3.05, 3.63) is 29.8 Å². The molecule has 2 N–H and O–H groups in total. The molecule has 3 rings (SSSR count). The van der Waals surface area contributed by atoms with Crippen LogP contribution in [0, 0.1) is 5.92 Å². The number of carbonyl (C=O) groups excluding carboxylic acids is 1. The van der Waals surface area contributed by atoms with Gasteiger partial charge in [-0.3, -0.25) is 0 Å². The highest BCUT2D eigenvalue weighted by molar-refractivity contribution is 5.73. The number of phenolic OH excluding ortho intramolecular Hbond substituents is 1. The molecule has 2 amide bonds. The fraction of sp³-hybridized carbons (Fsp3) is 0.667. The second kappa shape index (κ2) is 9.26. The third kappa shape index (κ3) is 5.37. The Kier molecular flexibility index (Phi) is 6.78. The van der Waals surface area contributed by atoms with E-state index in [9.17, 15) is 9.90 Å². The molecule has 1 aromatic carbocycles. The first-order valence-electron chi connectivity index (χ1n) is 10.1. The Hall–Kier alpha value is -1.75. The number of amides is 2. The molecule has 0 unspecified atom stereocenters. The zero-order chi connectivity index (χ0) is 18.4. The van der Waals surface area contributed by atoms with Gasteiger partial charge >= 0.3 is 6.03 Å². The summed E-state index contributed by atoms with van der Waals surface area (Å²) in [6.07, 6.45) is 9.31. The molecular weight excluding hydrogens is 326 g/mol. The third-order valence-corrected chi connectivity index (χ3v) is 5.86. The quantitative estimate of drug-likeness (QED) is 0.845. The number of rotatable bonds is 5. The predicted octanol–water partition coefficient (Wildman–Crippen LogP) is 3.58. The summed E-state index contributed by atoms with van der Waals surface area (Å²) in [6, 6.07) is 7.81. The minimum atomic E-state index is -0.0388. The van der Waals surface area contributed by atoms with E-state index < -0.39 is 0 Å². The second-order valence-electron chi connectivity index (χ2n) is 8.01. The number of aromatic hydroxyl groups is 1. The van der Waals surface area contributed by atoms with Crippen LogP contribution in [0.3, 0.4) is 0 Å². The summed E-state index contributed by atoms with van der Waals surface area (Å²) in [5, 5.41) is 12.7. The van der Waals surface area contributed by atoms with Crippen LogP contribution in [0.4, 0.5) is 4.79 Å². The van der Waals surface area contributed by atoms with Crippen LogP contribution in [0.25, 0.3) is 0 Å². The van der Waals surface area contributed by atoms with Crippen LogP contribution in [0.1, 0.15) is 50.5 Å². The molecule has 26 heavy (non-hydrogen) atoms. The third-order valence-electron chi connectivity index (χ3n) is 5.86. The Bertz CT molecular complexity index is 586. The molecule has 0 radical (unpaired) electrons. The Morgan fingerprint density at radius 3 is 2.81 bits per heavy atom. The first-order chi connectivity index (χ1) is 12.6. The zero-order valence-electron chi connectivity index (χ0n) is 16.0. The smallest absolute Gasteiger partial charge is 0.317 e. The largest absolute Gasteiger partial charge is 0.508 e. The van der Waals surface area contributed by atoms with E-state index in [-0.39, 0.29) is 11.8 Å². The minimum absolute atomic E-state index is 0.0388. The summed E-state index contributed by atoms with van der Waals surface area (Å²) in [5.74, 6) is 0.796. The van der Waals surface area contributed by atoms with Crippen LogP contribution >= 0.6 is 0 Å². The maximum absolute atomic E-state index is 12.4. The van der Waals surface area contributed by atoms with E-state index in [2.05, 4.69) is 10.2 Å². The molecule has 1 heterocycles. The van der Waals surface area contributed by atoms with E-state index in [1.54, 1.807) is 30.1 Å². The average Bonchev–Trinajstić information content (AvgIpc) is 2.67. The van der Waals surface area contributed by atoms with Gasteiger partial charge < -0.3 is 20.2 Å². The van der Waals surface area contributed by atoms with Crippen molar-refractivity contribution >= 4 is 6.03 Å². The highest BCUT2D eigenvalue weighted by Gasteiger charge is 2.27. The Morgan fingerprint density at radius 1 is 1.23 bits per heavy atom. The molecule has 2 fully saturated rings. The number of hydrogen-bond acceptors (Lipinski definition) is 3. The topological polar surface area (TPSA) is 55.8 Å². The molecule has 1 aliphatic heterocycles. The van der Waals surface area contributed by atoms with Crippen LogP contribution < -0.4 is 5.32 Å². The number of hydrogen-bond donors (Lipinski definition) is 2. The number of urea groups is 1. The summed E-state index contributed by atoms with van der Waals surface area (Å²) < 4.78 is 0. The van der Waals surface area contributed by atoms with Crippen molar-refractivity contribution < 1.29 is 9.90 Å². The van der Waals surface area contributed by atoms with Crippen LogP contribution in [0.5, 0.6) is 5.75 Å². The zero-order valence-corrected chi connectivity index (χ0v) is 16.0. The summed E-state index contributed by atoms with van der Waals surface area (Å²) in [6.45, 7) is 3.61. The normalized spacial score (nSPS) is 22.1. The molecule has 2 aliphatic rings. The fourth-order valence-corrected chi connectivity index (χ4v) is 4.41. The molecule has 1 atom stereocenters. The number of carbonyl (C=O) groups is 1. The molecule has 1 aliphatic carbocycles. The Labute approximate surface area is 157 Å². The van der Waals surface area contributed by atoms with Gasteiger partial charge in [-0.15, -0.1) is 0 Å². The first kappa shape index (κ1) is 19.0. The van der Waals surface area contributed by atoms with Crippen molar-refractivity contribution in [2.45, 2.75) is 57.5 Å². The highest BCUT2D eigenvalue weighted by Crippen LogP contribution is 2.27. The Balaban J connectivity index is 1.43. The van der Waals surface area contributed by atoms with Gasteiger partial charge in [0.25, 0.3) is 0 Å². The molecule has 0 aromatic heterocycles. The Morgan fingerprint density at radius 2 is 2.04 bits per heavy atom. The lowest BCUT2D eigenvalue weighted by Crippen LogP contribution is -2.47. The van der Waals surface area contributed by atoms with E-state index in [1.165, 1.54) is 51.5 Å². The molecule has 1 saturated carbocycles. The number of phenols is 1. The van der Waals surface area contributed by atoms with Gasteiger partial charge in [-0.25, -0.2) is 4.79 Å².